The van der Waals surface area contributed by atoms with E-state index in [1.807, 2.05) is 35.9 Å². The van der Waals surface area contributed by atoms with Crippen molar-refractivity contribution < 1.29 is 33.1 Å². The molecule has 3 amide bonds. The largest absolute Gasteiger partial charge is 0.478 e. The second-order valence-electron chi connectivity index (χ2n) is 11.0. The van der Waals surface area contributed by atoms with Gasteiger partial charge in [0.1, 0.15) is 37.5 Å². The van der Waals surface area contributed by atoms with Crippen LogP contribution in [0.25, 0.3) is 34.8 Å². The number of carbonyl (C=O) groups excluding carboxylic acids is 3. The lowest BCUT2D eigenvalue weighted by Crippen LogP contribution is -2.27. The van der Waals surface area contributed by atoms with E-state index in [-0.39, 0.29) is 23.3 Å². The van der Waals surface area contributed by atoms with Crippen LogP contribution >= 0.6 is 48.0 Å². The lowest BCUT2D eigenvalue weighted by molar-refractivity contribution is -0.116. The van der Waals surface area contributed by atoms with Crippen molar-refractivity contribution in [2.45, 2.75) is 13.5 Å². The van der Waals surface area contributed by atoms with Gasteiger partial charge in [-0.05, 0) is 55.5 Å². The number of thiocarbonyl (C=S) groups is 2. The summed E-state index contributed by atoms with van der Waals surface area (Å²) in [6.45, 7) is 3.11. The highest BCUT2D eigenvalue weighted by molar-refractivity contribution is 8.27. The molecule has 12 nitrogen and oxygen atoms in total. The Bertz CT molecular complexity index is 2270. The Balaban J connectivity index is 0.000000187. The number of benzene rings is 2. The van der Waals surface area contributed by atoms with Crippen LogP contribution in [0.2, 0.25) is 0 Å². The van der Waals surface area contributed by atoms with Gasteiger partial charge in [0.05, 0.1) is 15.4 Å². The van der Waals surface area contributed by atoms with Crippen LogP contribution in [0.3, 0.4) is 0 Å². The molecule has 0 unspecified atom stereocenters. The second-order valence-corrected chi connectivity index (χ2v) is 14.4. The van der Waals surface area contributed by atoms with Gasteiger partial charge in [0.15, 0.2) is 0 Å². The van der Waals surface area contributed by atoms with Gasteiger partial charge in [-0.25, -0.2) is 9.78 Å². The van der Waals surface area contributed by atoms with Crippen molar-refractivity contribution in [3.63, 3.8) is 0 Å². The number of carboxylic acid groups (broad SMARTS) is 1. The fourth-order valence-electron chi connectivity index (χ4n) is 4.87. The molecule has 52 heavy (non-hydrogen) atoms. The molecule has 0 saturated carbocycles. The highest BCUT2D eigenvalue weighted by atomic mass is 32.2. The molecule has 0 radical (unpaired) electrons. The summed E-state index contributed by atoms with van der Waals surface area (Å²) >= 11 is 12.3. The van der Waals surface area contributed by atoms with Crippen molar-refractivity contribution in [2.75, 3.05) is 6.54 Å². The number of imidazole rings is 1. The van der Waals surface area contributed by atoms with Crippen LogP contribution in [0.1, 0.15) is 38.1 Å². The third-order valence-corrected chi connectivity index (χ3v) is 9.82. The number of aryl methyl sites for hydroxylation is 1. The standard InChI is InChI=1S/C21H18N4O3S2.C15H9NO4S2/c1-13-22-8-10-25(13)11-9-23-19(26)15-4-2-14(3-5-15)17-7-6-16(28-17)12-18-20(27)24-21(29)30-18;17-13-12(22-15(21)16-13)7-10-5-6-11(20-10)8-1-3-9(4-2-8)14(18)19/h2-8,10,12H,9,11H2,1H3,(H,23,26)(H,24,27,29);1-7H,(H,18,19)(H,16,17,21)/b18-12-;12-7-. The molecule has 262 valence electrons. The van der Waals surface area contributed by atoms with E-state index in [2.05, 4.69) is 20.9 Å². The lowest BCUT2D eigenvalue weighted by Gasteiger charge is -2.07. The van der Waals surface area contributed by atoms with E-state index in [1.54, 1.807) is 60.8 Å². The monoisotopic (exact) mass is 769 g/mol. The van der Waals surface area contributed by atoms with Gasteiger partial charge in [-0.2, -0.15) is 0 Å². The molecule has 0 atom stereocenters. The van der Waals surface area contributed by atoms with E-state index < -0.39 is 5.97 Å². The van der Waals surface area contributed by atoms with Crippen molar-refractivity contribution in [2.24, 2.45) is 0 Å². The van der Waals surface area contributed by atoms with Crippen LogP contribution in [-0.4, -0.2) is 53.5 Å². The number of thioether (sulfide) groups is 2. The zero-order chi connectivity index (χ0) is 36.8. The average molecular weight is 770 g/mol. The Kier molecular flexibility index (Phi) is 11.3. The summed E-state index contributed by atoms with van der Waals surface area (Å²) in [5.41, 5.74) is 2.38. The van der Waals surface area contributed by atoms with Gasteiger partial charge in [-0.1, -0.05) is 72.2 Å². The molecular weight excluding hydrogens is 743 g/mol. The number of aromatic carboxylic acids is 1. The molecule has 0 bridgehead atoms. The first-order chi connectivity index (χ1) is 25.0. The Morgan fingerprint density at radius 1 is 0.808 bits per heavy atom. The van der Waals surface area contributed by atoms with Gasteiger partial charge >= 0.3 is 5.97 Å². The molecule has 16 heteroatoms. The number of rotatable bonds is 9. The predicted octanol–water partition coefficient (Wildman–Crippen LogP) is 6.50. The number of furan rings is 2. The molecule has 2 aliphatic heterocycles. The molecule has 7 rings (SSSR count). The van der Waals surface area contributed by atoms with E-state index >= 15 is 0 Å². The van der Waals surface area contributed by atoms with Crippen molar-refractivity contribution >= 4 is 92.4 Å². The van der Waals surface area contributed by atoms with E-state index in [0.717, 1.165) is 17.0 Å². The third-order valence-electron chi connectivity index (χ3n) is 7.49. The summed E-state index contributed by atoms with van der Waals surface area (Å²) in [6.07, 6.45) is 6.90. The SMILES string of the molecule is Cc1nccn1CCNC(=O)c1ccc(-c2ccc(/C=C3\SC(=S)NC3=O)o2)cc1.O=C1NC(=S)S/C1=C\c1ccc(-c2ccc(C(=O)O)cc2)o1. The zero-order valence-corrected chi connectivity index (χ0v) is 30.3. The molecule has 5 heterocycles. The number of hydrogen-bond acceptors (Lipinski definition) is 11. The highest BCUT2D eigenvalue weighted by Crippen LogP contribution is 2.30. The molecule has 2 aromatic carbocycles. The summed E-state index contributed by atoms with van der Waals surface area (Å²) in [5.74, 6) is 1.67. The van der Waals surface area contributed by atoms with Gasteiger partial charge in [0.25, 0.3) is 17.7 Å². The van der Waals surface area contributed by atoms with Gasteiger partial charge in [-0.3, -0.25) is 14.4 Å². The number of nitrogens with zero attached hydrogens (tertiary/aromatic N) is 2. The fraction of sp³-hybridized carbons (Fsp3) is 0.0833. The minimum absolute atomic E-state index is 0.135. The van der Waals surface area contributed by atoms with Crippen molar-refractivity contribution in [3.8, 4) is 22.6 Å². The topological polar surface area (TPSA) is 169 Å². The summed E-state index contributed by atoms with van der Waals surface area (Å²) < 4.78 is 14.3. The van der Waals surface area contributed by atoms with Crippen molar-refractivity contribution in [1.82, 2.24) is 25.5 Å². The number of amides is 3. The Hall–Kier alpha value is -5.55. The van der Waals surface area contributed by atoms with Crippen LogP contribution in [0.4, 0.5) is 0 Å². The minimum Gasteiger partial charge on any atom is -0.478 e. The predicted molar refractivity (Wildman–Crippen MR) is 207 cm³/mol. The van der Waals surface area contributed by atoms with Gasteiger partial charge < -0.3 is 34.5 Å². The van der Waals surface area contributed by atoms with Gasteiger partial charge in [-0.15, -0.1) is 0 Å². The molecule has 4 N–H and O–H groups in total. The summed E-state index contributed by atoms with van der Waals surface area (Å²) in [6, 6.07) is 20.7. The fourth-order valence-corrected chi connectivity index (χ4v) is 6.92. The number of carbonyl (C=O) groups is 4. The first-order valence-electron chi connectivity index (χ1n) is 15.4. The number of nitrogens with one attached hydrogen (secondary N) is 3. The number of aromatic nitrogens is 2. The molecule has 0 aliphatic carbocycles. The molecule has 5 aromatic rings. The normalized spacial score (nSPS) is 15.4. The maximum absolute atomic E-state index is 12.3. The summed E-state index contributed by atoms with van der Waals surface area (Å²) in [7, 11) is 0. The summed E-state index contributed by atoms with van der Waals surface area (Å²) in [4.78, 5) is 51.6. The molecule has 2 saturated heterocycles. The smallest absolute Gasteiger partial charge is 0.335 e. The zero-order valence-electron chi connectivity index (χ0n) is 27.1. The molecule has 2 aliphatic rings. The second kappa shape index (κ2) is 16.2. The van der Waals surface area contributed by atoms with Gasteiger partial charge in [0, 0.05) is 54.3 Å². The molecular formula is C36H27N5O7S4. The maximum Gasteiger partial charge on any atom is 0.335 e. The Labute approximate surface area is 315 Å². The maximum atomic E-state index is 12.3. The molecule has 0 spiro atoms. The quantitative estimate of drug-likeness (QED) is 0.0950. The van der Waals surface area contributed by atoms with E-state index in [4.69, 9.17) is 38.4 Å². The average Bonchev–Trinajstić information content (AvgIpc) is 3.97. The highest BCUT2D eigenvalue weighted by Gasteiger charge is 2.23. The van der Waals surface area contributed by atoms with Crippen LogP contribution in [0, 0.1) is 6.92 Å². The summed E-state index contributed by atoms with van der Waals surface area (Å²) in [5, 5.41) is 16.9. The van der Waals surface area contributed by atoms with Crippen LogP contribution in [-0.2, 0) is 16.1 Å². The Morgan fingerprint density at radius 2 is 1.31 bits per heavy atom. The van der Waals surface area contributed by atoms with E-state index in [9.17, 15) is 19.2 Å². The van der Waals surface area contributed by atoms with Crippen LogP contribution in [0.5, 0.6) is 0 Å². The van der Waals surface area contributed by atoms with Crippen molar-refractivity contribution in [1.29, 1.82) is 0 Å². The first kappa shape index (κ1) is 36.2. The number of carboxylic acids is 1. The first-order valence-corrected chi connectivity index (χ1v) is 17.9. The third kappa shape index (κ3) is 9.02. The van der Waals surface area contributed by atoms with Gasteiger partial charge in [0.2, 0.25) is 0 Å². The van der Waals surface area contributed by atoms with Crippen LogP contribution in [0.15, 0.2) is 104 Å². The van der Waals surface area contributed by atoms with Crippen molar-refractivity contribution in [3.05, 3.63) is 123 Å². The lowest BCUT2D eigenvalue weighted by atomic mass is 10.1. The van der Waals surface area contributed by atoms with E-state index in [1.165, 1.54) is 35.7 Å². The Morgan fingerprint density at radius 3 is 1.73 bits per heavy atom. The molecule has 2 fully saturated rings. The minimum atomic E-state index is -0.975. The number of hydrogen-bond donors (Lipinski definition) is 4. The molecule has 3 aromatic heterocycles. The van der Waals surface area contributed by atoms with E-state index in [0.29, 0.717) is 60.1 Å². The van der Waals surface area contributed by atoms with Crippen LogP contribution < -0.4 is 16.0 Å².